The monoisotopic (exact) mass is 808 g/mol. The summed E-state index contributed by atoms with van der Waals surface area (Å²) in [5, 5.41) is 17.4. The molecule has 1 N–H and O–H groups in total. The first-order valence-corrected chi connectivity index (χ1v) is 19.7. The summed E-state index contributed by atoms with van der Waals surface area (Å²) in [7, 11) is 3.09. The average molecular weight is 809 g/mol. The van der Waals surface area contributed by atoms with Crippen LogP contribution < -0.4 is 25.7 Å². The van der Waals surface area contributed by atoms with Crippen molar-refractivity contribution >= 4 is 45.6 Å². The molecule has 17 heteroatoms. The van der Waals surface area contributed by atoms with Crippen molar-refractivity contribution in [1.82, 2.24) is 29.1 Å². The van der Waals surface area contributed by atoms with Gasteiger partial charge in [0.25, 0.3) is 17.1 Å². The predicted octanol–water partition coefficient (Wildman–Crippen LogP) is 6.15. The number of aromatic nitrogens is 6. The molecule has 0 aliphatic carbocycles. The van der Waals surface area contributed by atoms with E-state index in [-0.39, 0.29) is 44.9 Å². The van der Waals surface area contributed by atoms with Crippen LogP contribution in [0.2, 0.25) is 5.28 Å². The molecule has 0 unspecified atom stereocenters. The molecule has 2 aliphatic rings. The highest BCUT2D eigenvalue weighted by Gasteiger charge is 2.25. The Morgan fingerprint density at radius 1 is 0.800 bits per heavy atom. The number of halogens is 3. The maximum Gasteiger partial charge on any atom is 0.299 e. The molecule has 0 radical (unpaired) electrons. The summed E-state index contributed by atoms with van der Waals surface area (Å²) >= 11 is 9.15. The lowest BCUT2D eigenvalue weighted by Crippen LogP contribution is -2.24. The number of thiophene rings is 2. The summed E-state index contributed by atoms with van der Waals surface area (Å²) in [4.78, 5) is 44.0. The highest BCUT2D eigenvalue weighted by atomic mass is 35.5. The van der Waals surface area contributed by atoms with E-state index in [4.69, 9.17) is 21.4 Å². The Morgan fingerprint density at radius 2 is 1.33 bits per heavy atom. The van der Waals surface area contributed by atoms with E-state index in [0.29, 0.717) is 25.0 Å². The molecule has 2 saturated heterocycles. The van der Waals surface area contributed by atoms with E-state index in [0.717, 1.165) is 51.4 Å². The van der Waals surface area contributed by atoms with Gasteiger partial charge >= 0.3 is 0 Å². The highest BCUT2D eigenvalue weighted by molar-refractivity contribution is 7.08. The predicted molar refractivity (Wildman–Crippen MR) is 212 cm³/mol. The Bertz CT molecular complexity index is 2290. The SMILES string of the molecule is Cn1c(Cl)nc(-c2ccncc2F)cc1=O.Cn1c(OC[C@H]2CCN(c3ccsc3)C2)nc(-c2ccncc2F)cc1=O.OC[C@H]1CCN(c2ccsc2)C1. The third-order valence-electron chi connectivity index (χ3n) is 9.29. The molecule has 12 nitrogen and oxygen atoms in total. The van der Waals surface area contributed by atoms with Crippen molar-refractivity contribution < 1.29 is 18.6 Å². The molecule has 0 bridgehead atoms. The van der Waals surface area contributed by atoms with E-state index in [1.54, 1.807) is 29.7 Å². The largest absolute Gasteiger partial charge is 0.464 e. The topological polar surface area (TPSA) is 132 Å². The first-order valence-electron chi connectivity index (χ1n) is 17.4. The lowest BCUT2D eigenvalue weighted by molar-refractivity contribution is 0.231. The van der Waals surface area contributed by atoms with Crippen LogP contribution in [0.4, 0.5) is 20.2 Å². The highest BCUT2D eigenvalue weighted by Crippen LogP contribution is 2.27. The molecule has 0 aromatic carbocycles. The van der Waals surface area contributed by atoms with Crippen molar-refractivity contribution in [3.05, 3.63) is 120 Å². The second-order valence-electron chi connectivity index (χ2n) is 13.0. The van der Waals surface area contributed by atoms with Gasteiger partial charge in [-0.25, -0.2) is 13.8 Å². The second-order valence-corrected chi connectivity index (χ2v) is 14.9. The lowest BCUT2D eigenvalue weighted by Gasteiger charge is -2.17. The van der Waals surface area contributed by atoms with Crippen LogP contribution in [0.1, 0.15) is 12.8 Å². The van der Waals surface area contributed by atoms with E-state index in [1.165, 1.54) is 64.2 Å². The number of aliphatic hydroxyl groups is 1. The molecule has 0 amide bonds. The number of aliphatic hydroxyl groups excluding tert-OH is 1. The summed E-state index contributed by atoms with van der Waals surface area (Å²) in [6, 6.07) is 9.92. The third-order valence-corrected chi connectivity index (χ3v) is 11.0. The number of ether oxygens (including phenoxy) is 1. The number of hydrogen-bond acceptors (Lipinski definition) is 12. The minimum atomic E-state index is -0.542. The Labute approximate surface area is 328 Å². The number of rotatable bonds is 8. The summed E-state index contributed by atoms with van der Waals surface area (Å²) < 4.78 is 35.7. The van der Waals surface area contributed by atoms with Crippen LogP contribution in [0.5, 0.6) is 6.01 Å². The van der Waals surface area contributed by atoms with Gasteiger partial charge in [0.05, 0.1) is 30.4 Å². The van der Waals surface area contributed by atoms with Gasteiger partial charge in [0.15, 0.2) is 11.6 Å². The van der Waals surface area contributed by atoms with Crippen molar-refractivity contribution in [2.45, 2.75) is 12.8 Å². The second kappa shape index (κ2) is 18.5. The summed E-state index contributed by atoms with van der Waals surface area (Å²) in [5.41, 5.74) is 2.81. The lowest BCUT2D eigenvalue weighted by atomic mass is 10.1. The first kappa shape index (κ1) is 39.7. The molecule has 55 heavy (non-hydrogen) atoms. The van der Waals surface area contributed by atoms with Crippen molar-refractivity contribution in [3.8, 4) is 28.5 Å². The summed E-state index contributed by atoms with van der Waals surface area (Å²) in [5.74, 6) is -0.223. The molecule has 6 aromatic rings. The average Bonchev–Trinajstić information content (AvgIpc) is 4.03. The summed E-state index contributed by atoms with van der Waals surface area (Å²) in [6.07, 6.45) is 7.20. The number of nitrogens with zero attached hydrogens (tertiary/aromatic N) is 8. The van der Waals surface area contributed by atoms with E-state index in [9.17, 15) is 18.4 Å². The number of pyridine rings is 2. The van der Waals surface area contributed by atoms with Gasteiger partial charge in [0, 0.05) is 117 Å². The Balaban J connectivity index is 0.000000155. The van der Waals surface area contributed by atoms with Crippen LogP contribution in [0.3, 0.4) is 0 Å². The van der Waals surface area contributed by atoms with E-state index < -0.39 is 11.6 Å². The Hall–Kier alpha value is -5.03. The minimum Gasteiger partial charge on any atom is -0.464 e. The molecule has 8 rings (SSSR count). The number of hydrogen-bond donors (Lipinski definition) is 1. The maximum absolute atomic E-state index is 14.0. The van der Waals surface area contributed by atoms with Crippen LogP contribution >= 0.6 is 34.3 Å². The molecule has 2 fully saturated rings. The smallest absolute Gasteiger partial charge is 0.299 e. The zero-order valence-electron chi connectivity index (χ0n) is 30.1. The van der Waals surface area contributed by atoms with Gasteiger partial charge in [-0.1, -0.05) is 0 Å². The summed E-state index contributed by atoms with van der Waals surface area (Å²) in [6.45, 7) is 4.81. The van der Waals surface area contributed by atoms with Crippen LogP contribution in [-0.2, 0) is 14.1 Å². The van der Waals surface area contributed by atoms with Gasteiger partial charge < -0.3 is 19.6 Å². The Morgan fingerprint density at radius 3 is 1.82 bits per heavy atom. The van der Waals surface area contributed by atoms with Gasteiger partial charge in [-0.2, -0.15) is 27.7 Å². The molecule has 0 spiro atoms. The molecule has 6 aromatic heterocycles. The van der Waals surface area contributed by atoms with Gasteiger partial charge in [0.2, 0.25) is 5.28 Å². The molecule has 288 valence electrons. The normalized spacial score (nSPS) is 16.3. The zero-order valence-corrected chi connectivity index (χ0v) is 32.5. The van der Waals surface area contributed by atoms with Gasteiger partial charge in [0.1, 0.15) is 0 Å². The van der Waals surface area contributed by atoms with Crippen molar-refractivity contribution in [2.24, 2.45) is 25.9 Å². The molecule has 0 saturated carbocycles. The van der Waals surface area contributed by atoms with Gasteiger partial charge in [-0.3, -0.25) is 28.7 Å². The van der Waals surface area contributed by atoms with Crippen LogP contribution in [-0.4, -0.2) is 73.6 Å². The third kappa shape index (κ3) is 9.99. The molecule has 8 heterocycles. The van der Waals surface area contributed by atoms with Crippen LogP contribution in [0, 0.1) is 23.5 Å². The van der Waals surface area contributed by atoms with Gasteiger partial charge in [-0.15, -0.1) is 0 Å². The molecule has 2 atom stereocenters. The first-order chi connectivity index (χ1) is 26.6. The standard InChI is InChI=1S/C19H19FN4O2S.C10H7ClFN3O.C9H13NOS/c1-23-18(25)8-17(15-2-5-21-9-16(15)20)22-19(23)26-11-13-3-6-24(10-13)14-4-7-27-12-14;1-15-9(16)4-8(14-10(15)11)6-2-3-13-5-7(6)12;11-6-8-1-3-10(5-8)9-2-4-12-7-9/h2,4-5,7-9,12-13H,3,6,10-11H2,1H3;2-5H,1H3;2,4,7-8,11H,1,3,5-6H2/t13-;;8-/m0.0/s1. The van der Waals surface area contributed by atoms with Crippen molar-refractivity contribution in [1.29, 1.82) is 0 Å². The molecular weight excluding hydrogens is 770 g/mol. The molecule has 2 aliphatic heterocycles. The fourth-order valence-corrected chi connectivity index (χ4v) is 7.59. The maximum atomic E-state index is 14.0. The minimum absolute atomic E-state index is 0.0127. The van der Waals surface area contributed by atoms with Crippen molar-refractivity contribution in [3.63, 3.8) is 0 Å². The zero-order chi connectivity index (χ0) is 38.9. The van der Waals surface area contributed by atoms with Crippen LogP contribution in [0.25, 0.3) is 22.5 Å². The van der Waals surface area contributed by atoms with Crippen LogP contribution in [0.15, 0.2) is 92.3 Å². The fraction of sp³-hybridized carbons (Fsp3) is 0.316. The Kier molecular flexibility index (Phi) is 13.4. The quantitative estimate of drug-likeness (QED) is 0.179. The molecular formula is C38H39ClF2N8O4S2. The van der Waals surface area contributed by atoms with Crippen molar-refractivity contribution in [2.75, 3.05) is 49.2 Å². The van der Waals surface area contributed by atoms with E-state index in [1.807, 2.05) is 0 Å². The van der Waals surface area contributed by atoms with E-state index >= 15 is 0 Å². The fourth-order valence-electron chi connectivity index (χ4n) is 6.09. The van der Waals surface area contributed by atoms with E-state index in [2.05, 4.69) is 63.4 Å². The number of anilines is 2. The van der Waals surface area contributed by atoms with Gasteiger partial charge in [-0.05, 0) is 59.5 Å².